The monoisotopic (exact) mass is 364 g/mol. The highest BCUT2D eigenvalue weighted by molar-refractivity contribution is 6.35. The molecule has 0 radical (unpaired) electrons. The number of hydrogen-bond acceptors (Lipinski definition) is 4. The molecule has 2 N–H and O–H groups in total. The number of likely N-dealkylation sites (tertiary alicyclic amines) is 1. The first-order chi connectivity index (χ1) is 12.0. The van der Waals surface area contributed by atoms with E-state index in [4.69, 9.17) is 11.6 Å². The predicted octanol–water partition coefficient (Wildman–Crippen LogP) is 1.46. The third-order valence-electron chi connectivity index (χ3n) is 3.76. The molecule has 1 heterocycles. The average Bonchev–Trinajstić information content (AvgIpc) is 3.13. The molecule has 0 aromatic heterocycles. The van der Waals surface area contributed by atoms with E-state index in [1.54, 1.807) is 19.1 Å². The summed E-state index contributed by atoms with van der Waals surface area (Å²) in [7, 11) is 0. The van der Waals surface area contributed by atoms with Gasteiger partial charge >= 0.3 is 11.8 Å². The minimum absolute atomic E-state index is 0.0335. The summed E-state index contributed by atoms with van der Waals surface area (Å²) in [5, 5.41) is 7.20. The molecule has 1 aliphatic rings. The zero-order valence-electron chi connectivity index (χ0n) is 14.0. The molecule has 7 nitrogen and oxygen atoms in total. The maximum Gasteiger partial charge on any atom is 0.329 e. The first-order valence-corrected chi connectivity index (χ1v) is 8.47. The van der Waals surface area contributed by atoms with E-state index in [0.717, 1.165) is 18.4 Å². The van der Waals surface area contributed by atoms with Crippen LogP contribution in [-0.4, -0.2) is 41.4 Å². The van der Waals surface area contributed by atoms with E-state index in [-0.39, 0.29) is 12.3 Å². The van der Waals surface area contributed by atoms with Gasteiger partial charge in [0.1, 0.15) is 0 Å². The van der Waals surface area contributed by atoms with Crippen LogP contribution in [-0.2, 0) is 20.9 Å². The van der Waals surface area contributed by atoms with E-state index < -0.39 is 11.8 Å². The summed E-state index contributed by atoms with van der Waals surface area (Å²) in [6.45, 7) is 3.19. The Balaban J connectivity index is 1.73. The maximum absolute atomic E-state index is 11.9. The number of amides is 3. The standard InChI is InChI=1S/C17H21ClN4O3/c1-12(20-21-16(24)17(25)22-8-2-3-9-22)10-15(23)19-11-13-4-6-14(18)7-5-13/h4-7H,2-3,8-11H2,1H3,(H,19,23)(H,21,24). The molecule has 0 bridgehead atoms. The van der Waals surface area contributed by atoms with E-state index in [1.165, 1.54) is 4.90 Å². The van der Waals surface area contributed by atoms with Gasteiger partial charge in [-0.1, -0.05) is 23.7 Å². The van der Waals surface area contributed by atoms with Crippen LogP contribution < -0.4 is 10.7 Å². The molecule has 0 saturated carbocycles. The molecule has 0 spiro atoms. The Kier molecular flexibility index (Phi) is 6.94. The van der Waals surface area contributed by atoms with Crippen LogP contribution in [0.3, 0.4) is 0 Å². The van der Waals surface area contributed by atoms with E-state index in [9.17, 15) is 14.4 Å². The van der Waals surface area contributed by atoms with Crippen LogP contribution in [0.4, 0.5) is 0 Å². The quantitative estimate of drug-likeness (QED) is 0.471. The minimum Gasteiger partial charge on any atom is -0.352 e. The number of nitrogens with one attached hydrogen (secondary N) is 2. The van der Waals surface area contributed by atoms with Crippen LogP contribution in [0.5, 0.6) is 0 Å². The molecule has 134 valence electrons. The van der Waals surface area contributed by atoms with Crippen LogP contribution in [0.15, 0.2) is 29.4 Å². The fourth-order valence-corrected chi connectivity index (χ4v) is 2.52. The van der Waals surface area contributed by atoms with E-state index in [1.807, 2.05) is 12.1 Å². The van der Waals surface area contributed by atoms with Gasteiger partial charge in [-0.3, -0.25) is 14.4 Å². The van der Waals surface area contributed by atoms with Gasteiger partial charge in [0.15, 0.2) is 0 Å². The van der Waals surface area contributed by atoms with Gasteiger partial charge in [-0.2, -0.15) is 5.10 Å². The van der Waals surface area contributed by atoms with Crippen LogP contribution in [0.2, 0.25) is 5.02 Å². The van der Waals surface area contributed by atoms with Crippen molar-refractivity contribution in [1.29, 1.82) is 0 Å². The van der Waals surface area contributed by atoms with Gasteiger partial charge in [0.25, 0.3) is 0 Å². The lowest BCUT2D eigenvalue weighted by Gasteiger charge is -2.13. The molecule has 0 unspecified atom stereocenters. The number of nitrogens with zero attached hydrogens (tertiary/aromatic N) is 2. The largest absolute Gasteiger partial charge is 0.352 e. The highest BCUT2D eigenvalue weighted by Gasteiger charge is 2.24. The highest BCUT2D eigenvalue weighted by Crippen LogP contribution is 2.09. The van der Waals surface area contributed by atoms with Crippen molar-refractivity contribution in [3.8, 4) is 0 Å². The highest BCUT2D eigenvalue weighted by atomic mass is 35.5. The summed E-state index contributed by atoms with van der Waals surface area (Å²) in [5.41, 5.74) is 3.55. The van der Waals surface area contributed by atoms with Crippen LogP contribution in [0.1, 0.15) is 31.7 Å². The smallest absolute Gasteiger partial charge is 0.329 e. The van der Waals surface area contributed by atoms with E-state index >= 15 is 0 Å². The molecule has 2 rings (SSSR count). The van der Waals surface area contributed by atoms with Gasteiger partial charge in [-0.15, -0.1) is 0 Å². The Bertz CT molecular complexity index is 667. The topological polar surface area (TPSA) is 90.9 Å². The van der Waals surface area contributed by atoms with Crippen LogP contribution in [0.25, 0.3) is 0 Å². The molecular formula is C17H21ClN4O3. The number of carbonyl (C=O) groups excluding carboxylic acids is 3. The van der Waals surface area contributed by atoms with Gasteiger partial charge in [-0.05, 0) is 37.5 Å². The number of halogens is 1. The molecule has 8 heteroatoms. The Labute approximate surface area is 151 Å². The number of carbonyl (C=O) groups is 3. The van der Waals surface area contributed by atoms with Crippen molar-refractivity contribution >= 4 is 35.0 Å². The molecule has 1 fully saturated rings. The Morgan fingerprint density at radius 3 is 2.44 bits per heavy atom. The van der Waals surface area contributed by atoms with Crippen molar-refractivity contribution in [2.75, 3.05) is 13.1 Å². The number of benzene rings is 1. The van der Waals surface area contributed by atoms with Crippen molar-refractivity contribution in [2.45, 2.75) is 32.7 Å². The lowest BCUT2D eigenvalue weighted by Crippen LogP contribution is -2.40. The lowest BCUT2D eigenvalue weighted by molar-refractivity contribution is -0.145. The van der Waals surface area contributed by atoms with Crippen molar-refractivity contribution < 1.29 is 14.4 Å². The van der Waals surface area contributed by atoms with Crippen molar-refractivity contribution in [1.82, 2.24) is 15.6 Å². The van der Waals surface area contributed by atoms with Crippen molar-refractivity contribution in [3.63, 3.8) is 0 Å². The summed E-state index contributed by atoms with van der Waals surface area (Å²) in [4.78, 5) is 36.9. The summed E-state index contributed by atoms with van der Waals surface area (Å²) in [6, 6.07) is 7.16. The van der Waals surface area contributed by atoms with Gasteiger partial charge in [0.2, 0.25) is 5.91 Å². The molecule has 1 saturated heterocycles. The fraction of sp³-hybridized carbons (Fsp3) is 0.412. The van der Waals surface area contributed by atoms with Crippen LogP contribution >= 0.6 is 11.6 Å². The van der Waals surface area contributed by atoms with Gasteiger partial charge < -0.3 is 10.2 Å². The van der Waals surface area contributed by atoms with Crippen molar-refractivity contribution in [3.05, 3.63) is 34.9 Å². The first kappa shape index (κ1) is 18.9. The zero-order valence-corrected chi connectivity index (χ0v) is 14.8. The van der Waals surface area contributed by atoms with E-state index in [2.05, 4.69) is 15.8 Å². The summed E-state index contributed by atoms with van der Waals surface area (Å²) in [5.74, 6) is -1.58. The summed E-state index contributed by atoms with van der Waals surface area (Å²) in [6.07, 6.45) is 1.86. The second-order valence-electron chi connectivity index (χ2n) is 5.87. The molecule has 1 aliphatic heterocycles. The molecule has 3 amide bonds. The summed E-state index contributed by atoms with van der Waals surface area (Å²) >= 11 is 5.80. The number of hydrogen-bond donors (Lipinski definition) is 2. The summed E-state index contributed by atoms with van der Waals surface area (Å²) < 4.78 is 0. The first-order valence-electron chi connectivity index (χ1n) is 8.09. The Hall–Kier alpha value is -2.41. The molecule has 0 atom stereocenters. The van der Waals surface area contributed by atoms with Gasteiger partial charge in [0.05, 0.1) is 6.42 Å². The normalized spacial score (nSPS) is 14.3. The molecular weight excluding hydrogens is 344 g/mol. The second kappa shape index (κ2) is 9.17. The number of hydrazone groups is 1. The Morgan fingerprint density at radius 2 is 1.80 bits per heavy atom. The average molecular weight is 365 g/mol. The lowest BCUT2D eigenvalue weighted by atomic mass is 10.2. The molecule has 1 aromatic carbocycles. The molecule has 25 heavy (non-hydrogen) atoms. The predicted molar refractivity (Wildman–Crippen MR) is 95.0 cm³/mol. The van der Waals surface area contributed by atoms with E-state index in [0.29, 0.717) is 30.4 Å². The van der Waals surface area contributed by atoms with Gasteiger partial charge in [-0.25, -0.2) is 5.43 Å². The maximum atomic E-state index is 11.9. The molecule has 0 aliphatic carbocycles. The zero-order chi connectivity index (χ0) is 18.2. The third-order valence-corrected chi connectivity index (χ3v) is 4.01. The van der Waals surface area contributed by atoms with Gasteiger partial charge in [0, 0.05) is 30.4 Å². The fourth-order valence-electron chi connectivity index (χ4n) is 2.40. The third kappa shape index (κ3) is 6.19. The minimum atomic E-state index is -0.775. The van der Waals surface area contributed by atoms with Crippen LogP contribution in [0, 0.1) is 0 Å². The number of rotatable bonds is 5. The SMILES string of the molecule is CC(CC(=O)NCc1ccc(Cl)cc1)=NNC(=O)C(=O)N1CCCC1. The second-order valence-corrected chi connectivity index (χ2v) is 6.30. The Morgan fingerprint density at radius 1 is 1.16 bits per heavy atom. The molecule has 1 aromatic rings. The van der Waals surface area contributed by atoms with Crippen molar-refractivity contribution in [2.24, 2.45) is 5.10 Å².